The first-order chi connectivity index (χ1) is 4.63. The van der Waals surface area contributed by atoms with Crippen molar-refractivity contribution >= 4 is 0 Å². The van der Waals surface area contributed by atoms with Crippen LogP contribution in [-0.2, 0) is 4.74 Å². The Morgan fingerprint density at radius 1 is 1.50 bits per heavy atom. The minimum absolute atomic E-state index is 0.224. The molecule has 10 heavy (non-hydrogen) atoms. The molecule has 0 amide bonds. The molecule has 59 valence electrons. The summed E-state index contributed by atoms with van der Waals surface area (Å²) in [5.74, 6) is 0. The minimum Gasteiger partial charge on any atom is -0.389 e. The van der Waals surface area contributed by atoms with E-state index in [-0.39, 0.29) is 6.10 Å². The van der Waals surface area contributed by atoms with Gasteiger partial charge in [-0.25, -0.2) is 0 Å². The van der Waals surface area contributed by atoms with E-state index < -0.39 is 18.2 Å². The van der Waals surface area contributed by atoms with Crippen molar-refractivity contribution in [3.63, 3.8) is 0 Å². The molecule has 0 bridgehead atoms. The predicted molar refractivity (Wildman–Crippen MR) is 34.8 cm³/mol. The van der Waals surface area contributed by atoms with Crippen molar-refractivity contribution in [3.8, 4) is 0 Å². The summed E-state index contributed by atoms with van der Waals surface area (Å²) in [5.41, 5.74) is 5.46. The van der Waals surface area contributed by atoms with Gasteiger partial charge in [-0.1, -0.05) is 0 Å². The molecule has 0 spiro atoms. The van der Waals surface area contributed by atoms with Crippen LogP contribution in [0.5, 0.6) is 0 Å². The van der Waals surface area contributed by atoms with Crippen molar-refractivity contribution in [2.45, 2.75) is 31.3 Å². The Labute approximate surface area is 59.6 Å². The molecule has 0 unspecified atom stereocenters. The van der Waals surface area contributed by atoms with Crippen LogP contribution in [0.2, 0.25) is 0 Å². The second kappa shape index (κ2) is 2.84. The Bertz CT molecular complexity index is 106. The maximum absolute atomic E-state index is 9.13. The van der Waals surface area contributed by atoms with Crippen LogP contribution in [0.3, 0.4) is 0 Å². The van der Waals surface area contributed by atoms with Gasteiger partial charge in [-0.2, -0.15) is 0 Å². The summed E-state index contributed by atoms with van der Waals surface area (Å²) in [7, 11) is 0. The Morgan fingerprint density at radius 3 is 2.60 bits per heavy atom. The highest BCUT2D eigenvalue weighted by molar-refractivity contribution is 4.92. The fourth-order valence-corrected chi connectivity index (χ4v) is 0.881. The third-order valence-electron chi connectivity index (χ3n) is 1.72. The third-order valence-corrected chi connectivity index (χ3v) is 1.72. The van der Waals surface area contributed by atoms with E-state index in [0.29, 0.717) is 0 Å². The maximum Gasteiger partial charge on any atom is 0.115 e. The summed E-state index contributed by atoms with van der Waals surface area (Å²) in [6.07, 6.45) is -2.08. The van der Waals surface area contributed by atoms with Gasteiger partial charge in [-0.3, -0.25) is 0 Å². The van der Waals surface area contributed by atoms with E-state index in [9.17, 15) is 0 Å². The predicted octanol–water partition coefficient (Wildman–Crippen LogP) is -1.38. The summed E-state index contributed by atoms with van der Waals surface area (Å²) >= 11 is 0. The van der Waals surface area contributed by atoms with Gasteiger partial charge in [0.05, 0.1) is 12.1 Å². The number of nitrogens with two attached hydrogens (primary N) is 1. The quantitative estimate of drug-likeness (QED) is 0.393. The lowest BCUT2D eigenvalue weighted by Crippen LogP contribution is -2.54. The molecule has 0 aromatic heterocycles. The molecule has 4 atom stereocenters. The van der Waals surface area contributed by atoms with Gasteiger partial charge in [0.2, 0.25) is 0 Å². The highest BCUT2D eigenvalue weighted by Gasteiger charge is 2.33. The van der Waals surface area contributed by atoms with Crippen molar-refractivity contribution in [2.75, 3.05) is 0 Å². The van der Waals surface area contributed by atoms with Gasteiger partial charge in [-0.05, 0) is 6.92 Å². The third kappa shape index (κ3) is 1.29. The van der Waals surface area contributed by atoms with Gasteiger partial charge in [0.25, 0.3) is 0 Å². The van der Waals surface area contributed by atoms with Crippen LogP contribution in [-0.4, -0.2) is 34.6 Å². The van der Waals surface area contributed by atoms with Crippen LogP contribution in [0, 0.1) is 6.61 Å². The van der Waals surface area contributed by atoms with E-state index in [4.69, 9.17) is 20.7 Å². The number of hydrogen-bond donors (Lipinski definition) is 3. The number of aliphatic hydroxyl groups excluding tert-OH is 2. The lowest BCUT2D eigenvalue weighted by atomic mass is 9.99. The molecule has 1 aliphatic rings. The zero-order chi connectivity index (χ0) is 7.72. The van der Waals surface area contributed by atoms with E-state index in [0.717, 1.165) is 0 Å². The summed E-state index contributed by atoms with van der Waals surface area (Å²) in [6.45, 7) is 2.95. The van der Waals surface area contributed by atoms with Crippen LogP contribution in [0.25, 0.3) is 0 Å². The van der Waals surface area contributed by atoms with Crippen molar-refractivity contribution in [3.05, 3.63) is 6.61 Å². The molecule has 4 N–H and O–H groups in total. The zero-order valence-corrected chi connectivity index (χ0v) is 5.77. The molecule has 1 radical (unpaired) electrons. The first-order valence-electron chi connectivity index (χ1n) is 3.23. The summed E-state index contributed by atoms with van der Waals surface area (Å²) in [5, 5.41) is 18.1. The van der Waals surface area contributed by atoms with Crippen LogP contribution >= 0.6 is 0 Å². The average Bonchev–Trinajstić information content (AvgIpc) is 1.93. The molecule has 4 nitrogen and oxygen atoms in total. The number of ether oxygens (including phenoxy) is 1. The molecule has 1 fully saturated rings. The molecular weight excluding hydrogens is 134 g/mol. The van der Waals surface area contributed by atoms with E-state index in [1.807, 2.05) is 0 Å². The molecule has 1 rings (SSSR count). The van der Waals surface area contributed by atoms with Gasteiger partial charge in [0, 0.05) is 0 Å². The minimum atomic E-state index is -0.953. The molecule has 1 saturated heterocycles. The smallest absolute Gasteiger partial charge is 0.115 e. The first-order valence-corrected chi connectivity index (χ1v) is 3.23. The van der Waals surface area contributed by atoms with Crippen molar-refractivity contribution in [1.82, 2.24) is 0 Å². The summed E-state index contributed by atoms with van der Waals surface area (Å²) in [6, 6.07) is -0.500. The molecule has 1 aliphatic heterocycles. The Morgan fingerprint density at radius 2 is 2.10 bits per heavy atom. The van der Waals surface area contributed by atoms with Crippen LogP contribution in [0.1, 0.15) is 6.92 Å². The van der Waals surface area contributed by atoms with Gasteiger partial charge in [0.1, 0.15) is 18.8 Å². The van der Waals surface area contributed by atoms with E-state index in [1.165, 1.54) is 6.61 Å². The largest absolute Gasteiger partial charge is 0.389 e. The Balaban J connectivity index is 2.52. The topological polar surface area (TPSA) is 75.7 Å². The van der Waals surface area contributed by atoms with Crippen LogP contribution < -0.4 is 5.73 Å². The van der Waals surface area contributed by atoms with E-state index in [2.05, 4.69) is 0 Å². The second-order valence-corrected chi connectivity index (χ2v) is 2.54. The monoisotopic (exact) mass is 146 g/mol. The lowest BCUT2D eigenvalue weighted by Gasteiger charge is -2.33. The van der Waals surface area contributed by atoms with Crippen LogP contribution in [0.4, 0.5) is 0 Å². The zero-order valence-electron chi connectivity index (χ0n) is 5.77. The molecule has 1 heterocycles. The van der Waals surface area contributed by atoms with Crippen molar-refractivity contribution in [1.29, 1.82) is 0 Å². The number of rotatable bonds is 0. The molecule has 0 aromatic carbocycles. The van der Waals surface area contributed by atoms with Gasteiger partial charge < -0.3 is 20.7 Å². The number of hydrogen-bond acceptors (Lipinski definition) is 4. The first kappa shape index (κ1) is 7.94. The maximum atomic E-state index is 9.13. The fraction of sp³-hybridized carbons (Fsp3) is 0.833. The van der Waals surface area contributed by atoms with Crippen LogP contribution in [0.15, 0.2) is 0 Å². The molecule has 0 aromatic rings. The van der Waals surface area contributed by atoms with Gasteiger partial charge in [0.15, 0.2) is 0 Å². The SMILES string of the molecule is C[C@H]1O[CH][C@@H](O)[C@@H](O)[C@@H]1N. The van der Waals surface area contributed by atoms with Crippen molar-refractivity contribution < 1.29 is 14.9 Å². The highest BCUT2D eigenvalue weighted by atomic mass is 16.5. The number of aliphatic hydroxyl groups is 2. The fourth-order valence-electron chi connectivity index (χ4n) is 0.881. The van der Waals surface area contributed by atoms with E-state index in [1.54, 1.807) is 6.92 Å². The van der Waals surface area contributed by atoms with Gasteiger partial charge in [-0.15, -0.1) is 0 Å². The lowest BCUT2D eigenvalue weighted by molar-refractivity contribution is -0.0926. The average molecular weight is 146 g/mol. The Hall–Kier alpha value is -0.160. The normalized spacial score (nSPS) is 49.2. The van der Waals surface area contributed by atoms with Gasteiger partial charge >= 0.3 is 0 Å². The summed E-state index contributed by atoms with van der Waals surface area (Å²) < 4.78 is 4.91. The second-order valence-electron chi connectivity index (χ2n) is 2.54. The molecular formula is C6H12NO3. The molecule has 0 aliphatic carbocycles. The molecule has 0 saturated carbocycles. The Kier molecular flexibility index (Phi) is 2.25. The highest BCUT2D eigenvalue weighted by Crippen LogP contribution is 2.15. The van der Waals surface area contributed by atoms with Crippen molar-refractivity contribution in [2.24, 2.45) is 5.73 Å². The molecule has 4 heteroatoms. The van der Waals surface area contributed by atoms with E-state index >= 15 is 0 Å². The standard InChI is InChI=1S/C6H12NO3/c1-3-5(7)6(9)4(8)2-10-3/h2-6,8-9H,7H2,1H3/t3-,4-,5-,6-/m1/s1. The summed E-state index contributed by atoms with van der Waals surface area (Å²) in [4.78, 5) is 0.